The Balaban J connectivity index is 2.15. The molecule has 0 aliphatic heterocycles. The van der Waals surface area contributed by atoms with Crippen LogP contribution in [-0.2, 0) is 12.8 Å². The number of benzene rings is 1. The Morgan fingerprint density at radius 3 is 2.58 bits per heavy atom. The Bertz CT molecular complexity index is 382. The minimum Gasteiger partial charge on any atom is -0.300 e. The summed E-state index contributed by atoms with van der Waals surface area (Å²) in [4.78, 5) is 4.22. The van der Waals surface area contributed by atoms with E-state index in [0.717, 1.165) is 6.04 Å². The van der Waals surface area contributed by atoms with E-state index in [1.165, 1.54) is 50.1 Å². The molecule has 1 atom stereocenters. The summed E-state index contributed by atoms with van der Waals surface area (Å²) in [5.41, 5.74) is 3.22. The number of fused-ring (bicyclic) bond motifs is 1. The zero-order valence-electron chi connectivity index (χ0n) is 12.6. The van der Waals surface area contributed by atoms with Gasteiger partial charge in [0.2, 0.25) is 0 Å². The third kappa shape index (κ3) is 3.55. The Morgan fingerprint density at radius 2 is 1.95 bits per heavy atom. The van der Waals surface area contributed by atoms with Gasteiger partial charge in [0.1, 0.15) is 0 Å². The van der Waals surface area contributed by atoms with Crippen molar-refractivity contribution in [2.24, 2.45) is 0 Å². The van der Waals surface area contributed by atoms with Crippen LogP contribution in [0.1, 0.15) is 44.2 Å². The summed E-state index contributed by atoms with van der Waals surface area (Å²) >= 11 is 1.91. The molecular weight excluding hydrogens is 250 g/mol. The molecule has 1 aliphatic carbocycles. The number of aryl methyl sites for hydroxylation is 1. The van der Waals surface area contributed by atoms with Gasteiger partial charge in [0, 0.05) is 10.9 Å². The van der Waals surface area contributed by atoms with Crippen molar-refractivity contribution in [3.63, 3.8) is 0 Å². The van der Waals surface area contributed by atoms with Gasteiger partial charge >= 0.3 is 0 Å². The minimum atomic E-state index is 0.765. The van der Waals surface area contributed by atoms with Crippen LogP contribution >= 0.6 is 11.8 Å². The lowest BCUT2D eigenvalue weighted by Crippen LogP contribution is -2.40. The molecule has 1 aromatic rings. The highest BCUT2D eigenvalue weighted by molar-refractivity contribution is 7.98. The van der Waals surface area contributed by atoms with Crippen LogP contribution in [0, 0.1) is 0 Å². The minimum absolute atomic E-state index is 0.765. The average molecular weight is 277 g/mol. The molecule has 1 nitrogen and oxygen atoms in total. The topological polar surface area (TPSA) is 3.24 Å². The Hall–Kier alpha value is -0.470. The first kappa shape index (κ1) is 14.9. The van der Waals surface area contributed by atoms with Crippen molar-refractivity contribution in [1.82, 2.24) is 4.90 Å². The van der Waals surface area contributed by atoms with Gasteiger partial charge in [-0.05, 0) is 68.6 Å². The van der Waals surface area contributed by atoms with E-state index in [1.807, 2.05) is 11.8 Å². The van der Waals surface area contributed by atoms with Crippen molar-refractivity contribution >= 4 is 11.8 Å². The quantitative estimate of drug-likeness (QED) is 0.710. The van der Waals surface area contributed by atoms with E-state index in [0.29, 0.717) is 0 Å². The second kappa shape index (κ2) is 7.35. The third-order valence-corrected chi connectivity index (χ3v) is 5.00. The third-order valence-electron chi connectivity index (χ3n) is 4.17. The Kier molecular flexibility index (Phi) is 5.77. The summed E-state index contributed by atoms with van der Waals surface area (Å²) in [6.45, 7) is 7.12. The second-order valence-corrected chi connectivity index (χ2v) is 6.38. The number of hydrogen-bond donors (Lipinski definition) is 0. The van der Waals surface area contributed by atoms with Gasteiger partial charge in [0.15, 0.2) is 0 Å². The van der Waals surface area contributed by atoms with E-state index < -0.39 is 0 Å². The van der Waals surface area contributed by atoms with Crippen molar-refractivity contribution in [2.45, 2.75) is 56.9 Å². The van der Waals surface area contributed by atoms with Crippen LogP contribution in [0.4, 0.5) is 0 Å². The summed E-state index contributed by atoms with van der Waals surface area (Å²) in [5, 5.41) is 0. The average Bonchev–Trinajstić information content (AvgIpc) is 2.46. The van der Waals surface area contributed by atoms with Crippen molar-refractivity contribution in [3.8, 4) is 0 Å². The van der Waals surface area contributed by atoms with Crippen molar-refractivity contribution in [1.29, 1.82) is 0 Å². The molecule has 2 heteroatoms. The standard InChI is InChI=1S/C17H27NS/c1-4-11-18(12-5-2)15-10-9-14-7-6-8-17(19-3)16(14)13-15/h6-8,15H,4-5,9-13H2,1-3H3/t15-/m0/s1. The zero-order chi connectivity index (χ0) is 13.7. The molecule has 0 heterocycles. The molecule has 1 aromatic carbocycles. The molecule has 0 aromatic heterocycles. The first-order valence-electron chi connectivity index (χ1n) is 7.68. The molecule has 0 saturated carbocycles. The summed E-state index contributed by atoms with van der Waals surface area (Å²) in [7, 11) is 0. The summed E-state index contributed by atoms with van der Waals surface area (Å²) in [5.74, 6) is 0. The monoisotopic (exact) mass is 277 g/mol. The number of thioether (sulfide) groups is 1. The zero-order valence-corrected chi connectivity index (χ0v) is 13.4. The number of rotatable bonds is 6. The van der Waals surface area contributed by atoms with Crippen molar-refractivity contribution in [2.75, 3.05) is 19.3 Å². The SMILES string of the molecule is CCCN(CCC)[C@H]1CCc2cccc(SC)c2C1. The highest BCUT2D eigenvalue weighted by atomic mass is 32.2. The number of hydrogen-bond acceptors (Lipinski definition) is 2. The van der Waals surface area contributed by atoms with Gasteiger partial charge in [-0.25, -0.2) is 0 Å². The molecule has 0 bridgehead atoms. The lowest BCUT2D eigenvalue weighted by Gasteiger charge is -2.35. The normalized spacial score (nSPS) is 18.6. The van der Waals surface area contributed by atoms with E-state index in [-0.39, 0.29) is 0 Å². The highest BCUT2D eigenvalue weighted by Crippen LogP contribution is 2.31. The van der Waals surface area contributed by atoms with Crippen LogP contribution in [0.5, 0.6) is 0 Å². The van der Waals surface area contributed by atoms with E-state index in [4.69, 9.17) is 0 Å². The molecule has 0 saturated heterocycles. The van der Waals surface area contributed by atoms with Crippen molar-refractivity contribution in [3.05, 3.63) is 29.3 Å². The van der Waals surface area contributed by atoms with Gasteiger partial charge in [0.05, 0.1) is 0 Å². The first-order chi connectivity index (χ1) is 9.30. The maximum absolute atomic E-state index is 2.72. The van der Waals surface area contributed by atoms with Gasteiger partial charge in [-0.2, -0.15) is 0 Å². The van der Waals surface area contributed by atoms with E-state index in [1.54, 1.807) is 11.1 Å². The second-order valence-electron chi connectivity index (χ2n) is 5.53. The van der Waals surface area contributed by atoms with Crippen LogP contribution in [0.25, 0.3) is 0 Å². The first-order valence-corrected chi connectivity index (χ1v) is 8.91. The molecule has 0 N–H and O–H groups in total. The fraction of sp³-hybridized carbons (Fsp3) is 0.647. The predicted molar refractivity (Wildman–Crippen MR) is 86.2 cm³/mol. The van der Waals surface area contributed by atoms with Crippen LogP contribution in [0.2, 0.25) is 0 Å². The van der Waals surface area contributed by atoms with Crippen LogP contribution in [-0.4, -0.2) is 30.3 Å². The molecule has 19 heavy (non-hydrogen) atoms. The fourth-order valence-corrected chi connectivity index (χ4v) is 3.97. The molecule has 0 unspecified atom stereocenters. The largest absolute Gasteiger partial charge is 0.300 e. The van der Waals surface area contributed by atoms with Gasteiger partial charge < -0.3 is 4.90 Å². The van der Waals surface area contributed by atoms with E-state index >= 15 is 0 Å². The predicted octanol–water partition coefficient (Wildman–Crippen LogP) is 4.39. The van der Waals surface area contributed by atoms with Crippen LogP contribution in [0.15, 0.2) is 23.1 Å². The molecule has 0 amide bonds. The highest BCUT2D eigenvalue weighted by Gasteiger charge is 2.24. The smallest absolute Gasteiger partial charge is 0.0139 e. The molecular formula is C17H27NS. The molecule has 0 fully saturated rings. The van der Waals surface area contributed by atoms with Crippen LogP contribution < -0.4 is 0 Å². The molecule has 1 aliphatic rings. The molecule has 0 spiro atoms. The maximum atomic E-state index is 2.72. The van der Waals surface area contributed by atoms with Crippen molar-refractivity contribution < 1.29 is 0 Å². The van der Waals surface area contributed by atoms with Crippen LogP contribution in [0.3, 0.4) is 0 Å². The van der Waals surface area contributed by atoms with Gasteiger partial charge in [-0.3, -0.25) is 0 Å². The molecule has 106 valence electrons. The maximum Gasteiger partial charge on any atom is 0.0139 e. The lowest BCUT2D eigenvalue weighted by molar-refractivity contribution is 0.179. The van der Waals surface area contributed by atoms with Gasteiger partial charge in [-0.15, -0.1) is 11.8 Å². The molecule has 2 rings (SSSR count). The number of nitrogens with zero attached hydrogens (tertiary/aromatic N) is 1. The van der Waals surface area contributed by atoms with Gasteiger partial charge in [0.25, 0.3) is 0 Å². The Morgan fingerprint density at radius 1 is 1.21 bits per heavy atom. The Labute approximate surface area is 122 Å². The fourth-order valence-electron chi connectivity index (χ4n) is 3.29. The lowest BCUT2D eigenvalue weighted by atomic mass is 9.87. The summed E-state index contributed by atoms with van der Waals surface area (Å²) in [6, 6.07) is 7.60. The van der Waals surface area contributed by atoms with E-state index in [2.05, 4.69) is 43.2 Å². The molecule has 0 radical (unpaired) electrons. The summed E-state index contributed by atoms with van der Waals surface area (Å²) < 4.78 is 0. The van der Waals surface area contributed by atoms with Gasteiger partial charge in [-0.1, -0.05) is 26.0 Å². The summed E-state index contributed by atoms with van der Waals surface area (Å²) in [6.07, 6.45) is 8.60. The van der Waals surface area contributed by atoms with E-state index in [9.17, 15) is 0 Å².